The third-order valence-corrected chi connectivity index (χ3v) is 3.42. The van der Waals surface area contributed by atoms with E-state index in [1.54, 1.807) is 24.3 Å². The van der Waals surface area contributed by atoms with Crippen molar-refractivity contribution in [1.82, 2.24) is 4.90 Å². The summed E-state index contributed by atoms with van der Waals surface area (Å²) in [5.41, 5.74) is 0.266. The average molecular weight is 249 g/mol. The van der Waals surface area contributed by atoms with Crippen molar-refractivity contribution in [3.63, 3.8) is 0 Å². The molecule has 1 fully saturated rings. The van der Waals surface area contributed by atoms with Crippen LogP contribution in [-0.2, 0) is 0 Å². The Kier molecular flexibility index (Phi) is 4.20. The molecule has 1 aliphatic rings. The van der Waals surface area contributed by atoms with Gasteiger partial charge in [0, 0.05) is 12.6 Å². The molecule has 1 aromatic carbocycles. The van der Waals surface area contributed by atoms with E-state index in [1.807, 2.05) is 0 Å². The maximum absolute atomic E-state index is 10.8. The fraction of sp³-hybridized carbons (Fsp3) is 0.500. The van der Waals surface area contributed by atoms with Crippen molar-refractivity contribution in [2.24, 2.45) is 0 Å². The second-order valence-corrected chi connectivity index (χ2v) is 4.71. The molecular formula is C14H19NO3. The molecule has 0 spiro atoms. The zero-order valence-corrected chi connectivity index (χ0v) is 10.6. The summed E-state index contributed by atoms with van der Waals surface area (Å²) in [7, 11) is 0. The first-order chi connectivity index (χ1) is 8.66. The van der Waals surface area contributed by atoms with E-state index in [2.05, 4.69) is 11.8 Å². The van der Waals surface area contributed by atoms with Crippen LogP contribution >= 0.6 is 0 Å². The van der Waals surface area contributed by atoms with Gasteiger partial charge in [-0.25, -0.2) is 4.79 Å². The fourth-order valence-electron chi connectivity index (χ4n) is 2.32. The Hall–Kier alpha value is -1.55. The van der Waals surface area contributed by atoms with Gasteiger partial charge < -0.3 is 9.84 Å². The summed E-state index contributed by atoms with van der Waals surface area (Å²) in [4.78, 5) is 13.2. The average Bonchev–Trinajstić information content (AvgIpc) is 2.76. The van der Waals surface area contributed by atoms with E-state index in [0.29, 0.717) is 18.4 Å². The number of nitrogens with zero attached hydrogens (tertiary/aromatic N) is 1. The normalized spacial score (nSPS) is 19.9. The summed E-state index contributed by atoms with van der Waals surface area (Å²) in [5.74, 6) is -0.296. The monoisotopic (exact) mass is 249 g/mol. The molecule has 1 atom stereocenters. The second-order valence-electron chi connectivity index (χ2n) is 4.71. The first kappa shape index (κ1) is 12.9. The summed E-state index contributed by atoms with van der Waals surface area (Å²) in [5, 5.41) is 8.88. The van der Waals surface area contributed by atoms with E-state index in [4.69, 9.17) is 9.84 Å². The Balaban J connectivity index is 1.83. The van der Waals surface area contributed by atoms with Gasteiger partial charge in [-0.1, -0.05) is 6.07 Å². The van der Waals surface area contributed by atoms with Crippen LogP contribution in [0.4, 0.5) is 0 Å². The van der Waals surface area contributed by atoms with Crippen molar-refractivity contribution in [3.05, 3.63) is 29.8 Å². The predicted octanol–water partition coefficient (Wildman–Crippen LogP) is 2.25. The summed E-state index contributed by atoms with van der Waals surface area (Å²) >= 11 is 0. The molecule has 4 heteroatoms. The lowest BCUT2D eigenvalue weighted by molar-refractivity contribution is 0.0696. The summed E-state index contributed by atoms with van der Waals surface area (Å²) in [6.45, 7) is 4.88. The minimum absolute atomic E-state index is 0.266. The molecule has 4 nitrogen and oxygen atoms in total. The zero-order valence-electron chi connectivity index (χ0n) is 10.6. The number of carboxylic acids is 1. The third-order valence-electron chi connectivity index (χ3n) is 3.42. The van der Waals surface area contributed by atoms with Crippen molar-refractivity contribution in [3.8, 4) is 5.75 Å². The second kappa shape index (κ2) is 5.87. The molecule has 18 heavy (non-hydrogen) atoms. The molecule has 98 valence electrons. The molecule has 1 unspecified atom stereocenters. The molecule has 0 amide bonds. The van der Waals surface area contributed by atoms with Gasteiger partial charge in [0.15, 0.2) is 0 Å². The molecule has 0 aliphatic carbocycles. The van der Waals surface area contributed by atoms with Crippen molar-refractivity contribution in [1.29, 1.82) is 0 Å². The van der Waals surface area contributed by atoms with Crippen LogP contribution < -0.4 is 4.74 Å². The van der Waals surface area contributed by atoms with Crippen molar-refractivity contribution >= 4 is 5.97 Å². The summed E-state index contributed by atoms with van der Waals surface area (Å²) in [6, 6.07) is 7.27. The lowest BCUT2D eigenvalue weighted by atomic mass is 10.2. The lowest BCUT2D eigenvalue weighted by Gasteiger charge is -2.20. The van der Waals surface area contributed by atoms with Gasteiger partial charge in [0.1, 0.15) is 12.4 Å². The maximum atomic E-state index is 10.8. The van der Waals surface area contributed by atoms with Gasteiger partial charge in [-0.3, -0.25) is 4.90 Å². The molecule has 0 aromatic heterocycles. The topological polar surface area (TPSA) is 49.8 Å². The molecular weight excluding hydrogens is 230 g/mol. The molecule has 0 radical (unpaired) electrons. The van der Waals surface area contributed by atoms with E-state index in [-0.39, 0.29) is 5.56 Å². The Bertz CT molecular complexity index is 419. The van der Waals surface area contributed by atoms with Crippen LogP contribution in [0, 0.1) is 0 Å². The van der Waals surface area contributed by atoms with Gasteiger partial charge in [0.05, 0.1) is 5.56 Å². The van der Waals surface area contributed by atoms with Crippen LogP contribution in [0.5, 0.6) is 5.75 Å². The SMILES string of the molecule is CC1CCCN1CCOc1cccc(C(=O)O)c1. The number of hydrogen-bond acceptors (Lipinski definition) is 3. The number of carboxylic acid groups (broad SMARTS) is 1. The highest BCUT2D eigenvalue weighted by molar-refractivity contribution is 5.87. The van der Waals surface area contributed by atoms with Gasteiger partial charge in [-0.05, 0) is 44.5 Å². The van der Waals surface area contributed by atoms with Crippen molar-refractivity contribution in [2.75, 3.05) is 19.7 Å². The minimum Gasteiger partial charge on any atom is -0.492 e. The lowest BCUT2D eigenvalue weighted by Crippen LogP contribution is -2.31. The number of hydrogen-bond donors (Lipinski definition) is 1. The predicted molar refractivity (Wildman–Crippen MR) is 69.2 cm³/mol. The Morgan fingerprint density at radius 2 is 2.39 bits per heavy atom. The van der Waals surface area contributed by atoms with Gasteiger partial charge in [0.25, 0.3) is 0 Å². The van der Waals surface area contributed by atoms with E-state index in [0.717, 1.165) is 13.1 Å². The Morgan fingerprint density at radius 1 is 1.56 bits per heavy atom. The number of carbonyl (C=O) groups is 1. The summed E-state index contributed by atoms with van der Waals surface area (Å²) < 4.78 is 5.60. The quantitative estimate of drug-likeness (QED) is 0.869. The van der Waals surface area contributed by atoms with Crippen LogP contribution in [-0.4, -0.2) is 41.7 Å². The highest BCUT2D eigenvalue weighted by atomic mass is 16.5. The zero-order chi connectivity index (χ0) is 13.0. The number of ether oxygens (including phenoxy) is 1. The number of rotatable bonds is 5. The van der Waals surface area contributed by atoms with E-state index in [9.17, 15) is 4.79 Å². The Morgan fingerprint density at radius 3 is 3.06 bits per heavy atom. The van der Waals surface area contributed by atoms with Gasteiger partial charge in [0.2, 0.25) is 0 Å². The largest absolute Gasteiger partial charge is 0.492 e. The van der Waals surface area contributed by atoms with E-state index < -0.39 is 5.97 Å². The summed E-state index contributed by atoms with van der Waals surface area (Å²) in [6.07, 6.45) is 2.52. The molecule has 2 rings (SSSR count). The van der Waals surface area contributed by atoms with Crippen molar-refractivity contribution < 1.29 is 14.6 Å². The minimum atomic E-state index is -0.923. The molecule has 1 aliphatic heterocycles. The Labute approximate surface area is 107 Å². The highest BCUT2D eigenvalue weighted by Gasteiger charge is 2.19. The molecule has 0 bridgehead atoms. The van der Waals surface area contributed by atoms with Gasteiger partial charge >= 0.3 is 5.97 Å². The molecule has 1 N–H and O–H groups in total. The molecule has 1 heterocycles. The highest BCUT2D eigenvalue weighted by Crippen LogP contribution is 2.17. The smallest absolute Gasteiger partial charge is 0.335 e. The fourth-order valence-corrected chi connectivity index (χ4v) is 2.32. The number of benzene rings is 1. The van der Waals surface area contributed by atoms with Crippen LogP contribution in [0.25, 0.3) is 0 Å². The van der Waals surface area contributed by atoms with Gasteiger partial charge in [-0.15, -0.1) is 0 Å². The molecule has 1 aromatic rings. The molecule has 0 saturated carbocycles. The molecule has 1 saturated heterocycles. The number of aromatic carboxylic acids is 1. The number of likely N-dealkylation sites (tertiary alicyclic amines) is 1. The van der Waals surface area contributed by atoms with Crippen LogP contribution in [0.15, 0.2) is 24.3 Å². The first-order valence-electron chi connectivity index (χ1n) is 6.37. The first-order valence-corrected chi connectivity index (χ1v) is 6.37. The van der Waals surface area contributed by atoms with E-state index >= 15 is 0 Å². The van der Waals surface area contributed by atoms with Crippen molar-refractivity contribution in [2.45, 2.75) is 25.8 Å². The van der Waals surface area contributed by atoms with Crippen LogP contribution in [0.3, 0.4) is 0 Å². The standard InChI is InChI=1S/C14H19NO3/c1-11-4-3-7-15(11)8-9-18-13-6-2-5-12(10-13)14(16)17/h2,5-6,10-11H,3-4,7-9H2,1H3,(H,16,17). The van der Waals surface area contributed by atoms with Crippen LogP contribution in [0.2, 0.25) is 0 Å². The third kappa shape index (κ3) is 3.23. The van der Waals surface area contributed by atoms with Crippen LogP contribution in [0.1, 0.15) is 30.1 Å². The van der Waals surface area contributed by atoms with Gasteiger partial charge in [-0.2, -0.15) is 0 Å². The van der Waals surface area contributed by atoms with E-state index in [1.165, 1.54) is 12.8 Å². The maximum Gasteiger partial charge on any atom is 0.335 e.